The largest absolute Gasteiger partial charge is 0.311 e. The predicted molar refractivity (Wildman–Crippen MR) is 215 cm³/mol. The van der Waals surface area contributed by atoms with E-state index in [0.29, 0.717) is 0 Å². The molecular formula is C48H32FN3. The van der Waals surface area contributed by atoms with Gasteiger partial charge in [-0.15, -0.1) is 0 Å². The highest BCUT2D eigenvalue weighted by Gasteiger charge is 2.17. The first kappa shape index (κ1) is 30.0. The van der Waals surface area contributed by atoms with E-state index in [-0.39, 0.29) is 5.82 Å². The van der Waals surface area contributed by atoms with E-state index in [2.05, 4.69) is 166 Å². The molecule has 0 fully saturated rings. The second-order valence-corrected chi connectivity index (χ2v) is 13.2. The third-order valence-electron chi connectivity index (χ3n) is 10.2. The van der Waals surface area contributed by atoms with Crippen molar-refractivity contribution in [2.24, 2.45) is 0 Å². The van der Waals surface area contributed by atoms with Crippen LogP contribution in [-0.4, -0.2) is 9.13 Å². The Labute approximate surface area is 300 Å². The van der Waals surface area contributed by atoms with Crippen molar-refractivity contribution in [3.63, 3.8) is 0 Å². The summed E-state index contributed by atoms with van der Waals surface area (Å²) in [5, 5.41) is 4.91. The molecule has 0 amide bonds. The second kappa shape index (κ2) is 12.1. The summed E-state index contributed by atoms with van der Waals surface area (Å²) >= 11 is 0. The number of rotatable bonds is 6. The number of nitrogens with zero attached hydrogens (tertiary/aromatic N) is 3. The van der Waals surface area contributed by atoms with Crippen molar-refractivity contribution in [3.05, 3.63) is 200 Å². The lowest BCUT2D eigenvalue weighted by Gasteiger charge is -2.25. The summed E-state index contributed by atoms with van der Waals surface area (Å²) in [6, 6.07) is 67.1. The van der Waals surface area contributed by atoms with E-state index in [1.165, 1.54) is 55.8 Å². The summed E-state index contributed by atoms with van der Waals surface area (Å²) in [5.74, 6) is -0.252. The molecule has 0 unspecified atom stereocenters. The molecule has 0 spiro atoms. The normalized spacial score (nSPS) is 11.6. The van der Waals surface area contributed by atoms with Crippen LogP contribution in [-0.2, 0) is 0 Å². The number of hydrogen-bond acceptors (Lipinski definition) is 1. The average molecular weight is 670 g/mol. The van der Waals surface area contributed by atoms with Gasteiger partial charge in [0.25, 0.3) is 0 Å². The zero-order chi connectivity index (χ0) is 34.6. The summed E-state index contributed by atoms with van der Waals surface area (Å²) in [4.78, 5) is 2.15. The predicted octanol–water partition coefficient (Wildman–Crippen LogP) is 13.2. The lowest BCUT2D eigenvalue weighted by Crippen LogP contribution is -2.10. The third kappa shape index (κ3) is 4.88. The molecule has 10 rings (SSSR count). The van der Waals surface area contributed by atoms with Crippen molar-refractivity contribution in [2.45, 2.75) is 0 Å². The molecule has 0 aliphatic heterocycles. The molecule has 2 heterocycles. The van der Waals surface area contributed by atoms with Gasteiger partial charge in [0, 0.05) is 50.0 Å². The first-order chi connectivity index (χ1) is 25.7. The Bertz CT molecular complexity index is 2890. The first-order valence-electron chi connectivity index (χ1n) is 17.5. The van der Waals surface area contributed by atoms with Crippen molar-refractivity contribution in [1.29, 1.82) is 0 Å². The third-order valence-corrected chi connectivity index (χ3v) is 10.2. The minimum atomic E-state index is -0.252. The molecule has 0 atom stereocenters. The Morgan fingerprint density at radius 2 is 0.731 bits per heavy atom. The molecule has 0 aliphatic rings. The van der Waals surface area contributed by atoms with Crippen LogP contribution < -0.4 is 4.90 Å². The molecule has 4 heteroatoms. The van der Waals surface area contributed by atoms with E-state index in [4.69, 9.17) is 0 Å². The summed E-state index contributed by atoms with van der Waals surface area (Å²) < 4.78 is 18.6. The van der Waals surface area contributed by atoms with Crippen molar-refractivity contribution >= 4 is 60.7 Å². The molecule has 0 saturated carbocycles. The molecule has 0 N–H and O–H groups in total. The summed E-state index contributed by atoms with van der Waals surface area (Å²) in [5.41, 5.74) is 12.2. The maximum absolute atomic E-state index is 13.9. The molecule has 0 radical (unpaired) electrons. The highest BCUT2D eigenvalue weighted by Crippen LogP contribution is 2.39. The van der Waals surface area contributed by atoms with Gasteiger partial charge in [0.15, 0.2) is 0 Å². The highest BCUT2D eigenvalue weighted by molar-refractivity contribution is 6.12. The van der Waals surface area contributed by atoms with Gasteiger partial charge in [-0.2, -0.15) is 0 Å². The van der Waals surface area contributed by atoms with E-state index >= 15 is 0 Å². The van der Waals surface area contributed by atoms with Gasteiger partial charge in [0.1, 0.15) is 5.82 Å². The zero-order valence-electron chi connectivity index (χ0n) is 28.2. The van der Waals surface area contributed by atoms with Gasteiger partial charge in [0.05, 0.1) is 22.1 Å². The molecule has 0 aliphatic carbocycles. The van der Waals surface area contributed by atoms with Gasteiger partial charge >= 0.3 is 0 Å². The molecule has 0 bridgehead atoms. The lowest BCUT2D eigenvalue weighted by atomic mass is 10.0. The Kier molecular flexibility index (Phi) is 7.00. The second-order valence-electron chi connectivity index (χ2n) is 13.2. The lowest BCUT2D eigenvalue weighted by molar-refractivity contribution is 0.628. The summed E-state index contributed by atoms with van der Waals surface area (Å²) in [6.45, 7) is 0. The number of hydrogen-bond donors (Lipinski definition) is 0. The Morgan fingerprint density at radius 1 is 0.327 bits per heavy atom. The van der Waals surface area contributed by atoms with Crippen LogP contribution in [0.15, 0.2) is 194 Å². The average Bonchev–Trinajstić information content (AvgIpc) is 3.72. The van der Waals surface area contributed by atoms with Crippen LogP contribution in [0, 0.1) is 5.82 Å². The molecule has 52 heavy (non-hydrogen) atoms. The quantitative estimate of drug-likeness (QED) is 0.172. The van der Waals surface area contributed by atoms with E-state index in [9.17, 15) is 4.39 Å². The van der Waals surface area contributed by atoms with Crippen LogP contribution >= 0.6 is 0 Å². The van der Waals surface area contributed by atoms with Crippen LogP contribution in [0.3, 0.4) is 0 Å². The number of anilines is 3. The summed E-state index contributed by atoms with van der Waals surface area (Å²) in [7, 11) is 0. The Hall–Kier alpha value is -6.91. The van der Waals surface area contributed by atoms with Crippen molar-refractivity contribution in [2.75, 3.05) is 4.90 Å². The highest BCUT2D eigenvalue weighted by atomic mass is 19.1. The fraction of sp³-hybridized carbons (Fsp3) is 0. The number of aromatic nitrogens is 2. The number of para-hydroxylation sites is 4. The van der Waals surface area contributed by atoms with Crippen molar-refractivity contribution in [1.82, 2.24) is 9.13 Å². The van der Waals surface area contributed by atoms with Crippen LogP contribution in [0.5, 0.6) is 0 Å². The molecule has 2 aromatic heterocycles. The fourth-order valence-corrected chi connectivity index (χ4v) is 7.80. The molecule has 0 saturated heterocycles. The van der Waals surface area contributed by atoms with Crippen LogP contribution in [0.4, 0.5) is 21.5 Å². The van der Waals surface area contributed by atoms with Crippen LogP contribution in [0.25, 0.3) is 66.1 Å². The minimum absolute atomic E-state index is 0.252. The number of benzene rings is 8. The van der Waals surface area contributed by atoms with Gasteiger partial charge in [-0.05, 0) is 120 Å². The monoisotopic (exact) mass is 669 g/mol. The number of fused-ring (bicyclic) bond motifs is 6. The molecular weight excluding hydrogens is 638 g/mol. The smallest absolute Gasteiger partial charge is 0.123 e. The van der Waals surface area contributed by atoms with Gasteiger partial charge in [0.2, 0.25) is 0 Å². The van der Waals surface area contributed by atoms with Crippen molar-refractivity contribution < 1.29 is 4.39 Å². The van der Waals surface area contributed by atoms with Crippen LogP contribution in [0.1, 0.15) is 0 Å². The van der Waals surface area contributed by atoms with Gasteiger partial charge in [-0.25, -0.2) is 4.39 Å². The van der Waals surface area contributed by atoms with Crippen molar-refractivity contribution in [3.8, 4) is 22.5 Å². The SMILES string of the molecule is Fc1ccc(N(c2ccccc2)c2ccc(-n3c4ccccc4c4cc(-c5ccc6c(c5)c5ccccc5n6-c5ccccc5)ccc43)cc2)cc1. The first-order valence-corrected chi connectivity index (χ1v) is 17.5. The van der Waals surface area contributed by atoms with Gasteiger partial charge in [-0.3, -0.25) is 0 Å². The van der Waals surface area contributed by atoms with E-state index < -0.39 is 0 Å². The zero-order valence-corrected chi connectivity index (χ0v) is 28.2. The standard InChI is InChI=1S/C48H32FN3/c49-35-21-23-38(24-22-35)50(36-11-3-1-4-12-36)39-25-27-40(28-26-39)52-46-18-10-8-16-42(46)44-32-34(20-30-48(44)52)33-19-29-47-43(31-33)41-15-7-9-17-45(41)51(47)37-13-5-2-6-14-37/h1-32H. The molecule has 246 valence electrons. The minimum Gasteiger partial charge on any atom is -0.311 e. The van der Waals surface area contributed by atoms with Gasteiger partial charge in [-0.1, -0.05) is 84.9 Å². The summed E-state index contributed by atoms with van der Waals surface area (Å²) in [6.07, 6.45) is 0. The topological polar surface area (TPSA) is 13.1 Å². The number of halogens is 1. The maximum Gasteiger partial charge on any atom is 0.123 e. The maximum atomic E-state index is 13.9. The van der Waals surface area contributed by atoms with Crippen LogP contribution in [0.2, 0.25) is 0 Å². The van der Waals surface area contributed by atoms with Gasteiger partial charge < -0.3 is 14.0 Å². The van der Waals surface area contributed by atoms with E-state index in [1.807, 2.05) is 30.3 Å². The Balaban J connectivity index is 1.08. The fourth-order valence-electron chi connectivity index (χ4n) is 7.80. The molecule has 10 aromatic rings. The Morgan fingerprint density at radius 3 is 1.27 bits per heavy atom. The molecule has 3 nitrogen and oxygen atoms in total. The molecule has 8 aromatic carbocycles. The van der Waals surface area contributed by atoms with E-state index in [0.717, 1.165) is 39.5 Å². The van der Waals surface area contributed by atoms with E-state index in [1.54, 1.807) is 0 Å².